The summed E-state index contributed by atoms with van der Waals surface area (Å²) in [7, 11) is -3.15. The van der Waals surface area contributed by atoms with Crippen LogP contribution >= 0.6 is 11.3 Å². The highest BCUT2D eigenvalue weighted by Crippen LogP contribution is 2.29. The van der Waals surface area contributed by atoms with Crippen molar-refractivity contribution in [2.45, 2.75) is 11.4 Å². The molecular weight excluding hydrogens is 254 g/mol. The molecule has 0 saturated carbocycles. The number of hydrogen-bond acceptors (Lipinski definition) is 4. The van der Waals surface area contributed by atoms with Crippen molar-refractivity contribution in [3.8, 4) is 10.4 Å². The third-order valence-corrected chi connectivity index (χ3v) is 4.68. The van der Waals surface area contributed by atoms with Crippen LogP contribution in [0.15, 0.2) is 41.3 Å². The average molecular weight is 267 g/mol. The number of nitrogens with two attached hydrogens (primary N) is 1. The van der Waals surface area contributed by atoms with Crippen molar-refractivity contribution in [3.63, 3.8) is 0 Å². The maximum Gasteiger partial charge on any atom is 0.175 e. The number of thiophene rings is 1. The fourth-order valence-electron chi connectivity index (χ4n) is 1.52. The van der Waals surface area contributed by atoms with Crippen LogP contribution in [0.2, 0.25) is 0 Å². The zero-order valence-electron chi connectivity index (χ0n) is 9.38. The summed E-state index contributed by atoms with van der Waals surface area (Å²) in [6.45, 7) is 0.510. The molecule has 17 heavy (non-hydrogen) atoms. The second-order valence-corrected chi connectivity index (χ2v) is 6.95. The van der Waals surface area contributed by atoms with E-state index in [1.165, 1.54) is 6.26 Å². The van der Waals surface area contributed by atoms with E-state index in [1.54, 1.807) is 29.5 Å². The van der Waals surface area contributed by atoms with Gasteiger partial charge in [-0.15, -0.1) is 11.3 Å². The van der Waals surface area contributed by atoms with Gasteiger partial charge in [0.15, 0.2) is 9.84 Å². The number of benzene rings is 1. The quantitative estimate of drug-likeness (QED) is 0.928. The summed E-state index contributed by atoms with van der Waals surface area (Å²) in [6.07, 6.45) is 1.21. The Labute approximate surface area is 105 Å². The molecule has 3 nitrogen and oxygen atoms in total. The van der Waals surface area contributed by atoms with E-state index in [2.05, 4.69) is 0 Å². The summed E-state index contributed by atoms with van der Waals surface area (Å²) in [5, 5.41) is 0. The fraction of sp³-hybridized carbons (Fsp3) is 0.167. The molecule has 0 radical (unpaired) electrons. The van der Waals surface area contributed by atoms with Crippen LogP contribution in [0.4, 0.5) is 0 Å². The van der Waals surface area contributed by atoms with Crippen molar-refractivity contribution >= 4 is 21.2 Å². The van der Waals surface area contributed by atoms with Crippen LogP contribution in [0.25, 0.3) is 10.4 Å². The Morgan fingerprint density at radius 1 is 1.24 bits per heavy atom. The lowest BCUT2D eigenvalue weighted by Gasteiger charge is -2.01. The highest BCUT2D eigenvalue weighted by molar-refractivity contribution is 7.90. The molecule has 2 N–H and O–H groups in total. The van der Waals surface area contributed by atoms with Crippen LogP contribution in [0, 0.1) is 0 Å². The number of sulfone groups is 1. The first-order valence-electron chi connectivity index (χ1n) is 5.10. The average Bonchev–Trinajstić information content (AvgIpc) is 2.76. The Hall–Kier alpha value is -1.17. The zero-order chi connectivity index (χ0) is 12.5. The van der Waals surface area contributed by atoms with Crippen LogP contribution in [0.3, 0.4) is 0 Å². The van der Waals surface area contributed by atoms with Gasteiger partial charge in [0.1, 0.15) is 0 Å². The topological polar surface area (TPSA) is 60.2 Å². The van der Waals surface area contributed by atoms with Gasteiger partial charge in [0.25, 0.3) is 0 Å². The first kappa shape index (κ1) is 12.3. The van der Waals surface area contributed by atoms with Gasteiger partial charge in [-0.1, -0.05) is 12.1 Å². The van der Waals surface area contributed by atoms with Crippen LogP contribution in [0.1, 0.15) is 4.88 Å². The van der Waals surface area contributed by atoms with Crippen LogP contribution in [-0.4, -0.2) is 14.7 Å². The molecular formula is C12H13NO2S2. The Morgan fingerprint density at radius 2 is 2.00 bits per heavy atom. The summed E-state index contributed by atoms with van der Waals surface area (Å²) < 4.78 is 22.9. The first-order chi connectivity index (χ1) is 8.00. The van der Waals surface area contributed by atoms with Gasteiger partial charge in [-0.05, 0) is 29.8 Å². The third kappa shape index (κ3) is 2.74. The lowest BCUT2D eigenvalue weighted by atomic mass is 10.2. The molecule has 0 aliphatic heterocycles. The predicted molar refractivity (Wildman–Crippen MR) is 70.8 cm³/mol. The van der Waals surface area contributed by atoms with Crippen molar-refractivity contribution in [2.75, 3.05) is 6.26 Å². The monoisotopic (exact) mass is 267 g/mol. The maximum absolute atomic E-state index is 11.5. The molecule has 0 aliphatic carbocycles. The smallest absolute Gasteiger partial charge is 0.175 e. The van der Waals surface area contributed by atoms with Gasteiger partial charge in [0, 0.05) is 22.6 Å². The molecule has 1 aromatic heterocycles. The number of rotatable bonds is 3. The summed E-state index contributed by atoms with van der Waals surface area (Å²) in [4.78, 5) is 2.47. The zero-order valence-corrected chi connectivity index (χ0v) is 11.0. The minimum Gasteiger partial charge on any atom is -0.326 e. The molecule has 0 bridgehead atoms. The second kappa shape index (κ2) is 4.60. The summed E-state index contributed by atoms with van der Waals surface area (Å²) in [6, 6.07) is 10.9. The van der Waals surface area contributed by atoms with Gasteiger partial charge in [0.05, 0.1) is 4.90 Å². The molecule has 0 unspecified atom stereocenters. The lowest BCUT2D eigenvalue weighted by molar-refractivity contribution is 0.602. The van der Waals surface area contributed by atoms with E-state index in [-0.39, 0.29) is 0 Å². The van der Waals surface area contributed by atoms with E-state index in [1.807, 2.05) is 18.2 Å². The van der Waals surface area contributed by atoms with Gasteiger partial charge in [-0.25, -0.2) is 8.42 Å². The summed E-state index contributed by atoms with van der Waals surface area (Å²) in [5.74, 6) is 0. The normalized spacial score (nSPS) is 11.6. The molecule has 0 amide bonds. The van der Waals surface area contributed by atoms with Crippen LogP contribution in [-0.2, 0) is 16.4 Å². The van der Waals surface area contributed by atoms with Crippen molar-refractivity contribution in [2.24, 2.45) is 5.73 Å². The molecule has 2 rings (SSSR count). The Balaban J connectivity index is 2.46. The van der Waals surface area contributed by atoms with E-state index in [4.69, 9.17) is 5.73 Å². The van der Waals surface area contributed by atoms with Crippen molar-refractivity contribution < 1.29 is 8.42 Å². The summed E-state index contributed by atoms with van der Waals surface area (Å²) in [5.41, 5.74) is 6.47. The minimum absolute atomic E-state index is 0.345. The summed E-state index contributed by atoms with van der Waals surface area (Å²) >= 11 is 1.59. The number of hydrogen-bond donors (Lipinski definition) is 1. The molecule has 2 aromatic rings. The molecule has 1 heterocycles. The molecule has 0 atom stereocenters. The van der Waals surface area contributed by atoms with Crippen molar-refractivity contribution in [1.82, 2.24) is 0 Å². The standard InChI is InChI=1S/C12H13NO2S2/c1-17(14,15)11-4-2-3-9(7-11)12-6-5-10(8-13)16-12/h2-7H,8,13H2,1H3. The molecule has 0 spiro atoms. The van der Waals surface area contributed by atoms with E-state index >= 15 is 0 Å². The molecule has 1 aromatic carbocycles. The first-order valence-corrected chi connectivity index (χ1v) is 7.81. The van der Waals surface area contributed by atoms with E-state index in [0.29, 0.717) is 11.4 Å². The Kier molecular flexibility index (Phi) is 3.33. The SMILES string of the molecule is CS(=O)(=O)c1cccc(-c2ccc(CN)s2)c1. The van der Waals surface area contributed by atoms with Gasteiger partial charge in [-0.3, -0.25) is 0 Å². The van der Waals surface area contributed by atoms with Crippen LogP contribution < -0.4 is 5.73 Å². The molecule has 90 valence electrons. The van der Waals surface area contributed by atoms with E-state index in [0.717, 1.165) is 15.3 Å². The second-order valence-electron chi connectivity index (χ2n) is 3.77. The van der Waals surface area contributed by atoms with Gasteiger partial charge >= 0.3 is 0 Å². The third-order valence-electron chi connectivity index (χ3n) is 2.41. The van der Waals surface area contributed by atoms with E-state index in [9.17, 15) is 8.42 Å². The van der Waals surface area contributed by atoms with Gasteiger partial charge in [0.2, 0.25) is 0 Å². The van der Waals surface area contributed by atoms with Gasteiger partial charge in [-0.2, -0.15) is 0 Å². The van der Waals surface area contributed by atoms with Crippen LogP contribution in [0.5, 0.6) is 0 Å². The molecule has 0 aliphatic rings. The minimum atomic E-state index is -3.15. The molecule has 5 heteroatoms. The fourth-order valence-corrected chi connectivity index (χ4v) is 3.07. The largest absolute Gasteiger partial charge is 0.326 e. The Bertz CT molecular complexity index is 629. The molecule has 0 saturated heterocycles. The van der Waals surface area contributed by atoms with Gasteiger partial charge < -0.3 is 5.73 Å². The Morgan fingerprint density at radius 3 is 2.59 bits per heavy atom. The highest BCUT2D eigenvalue weighted by atomic mass is 32.2. The lowest BCUT2D eigenvalue weighted by Crippen LogP contribution is -1.96. The maximum atomic E-state index is 11.5. The molecule has 0 fully saturated rings. The van der Waals surface area contributed by atoms with E-state index < -0.39 is 9.84 Å². The highest BCUT2D eigenvalue weighted by Gasteiger charge is 2.09. The predicted octanol–water partition coefficient (Wildman–Crippen LogP) is 2.28. The van der Waals surface area contributed by atoms with Crippen molar-refractivity contribution in [3.05, 3.63) is 41.3 Å². The van der Waals surface area contributed by atoms with Crippen molar-refractivity contribution in [1.29, 1.82) is 0 Å².